The number of nitrogens with one attached hydrogen (secondary N) is 1. The molecule has 0 spiro atoms. The molecule has 0 aliphatic carbocycles. The quantitative estimate of drug-likeness (QED) is 0.911. The molecule has 0 aliphatic rings. The standard InChI is InChI=1S/C13H15NO3S2/c1-9-6-12(18-10(9)2)8-14-19(16,17)13-5-3-4-11(15)7-13/h3-7,14-15H,8H2,1-2H3. The molecule has 0 amide bonds. The summed E-state index contributed by atoms with van der Waals surface area (Å²) in [6, 6.07) is 7.60. The first-order chi connectivity index (χ1) is 8.88. The van der Waals surface area contributed by atoms with E-state index in [-0.39, 0.29) is 17.2 Å². The fourth-order valence-electron chi connectivity index (χ4n) is 1.64. The second-order valence-electron chi connectivity index (χ2n) is 4.27. The van der Waals surface area contributed by atoms with E-state index in [0.717, 1.165) is 10.4 Å². The third-order valence-corrected chi connectivity index (χ3v) is 5.33. The van der Waals surface area contributed by atoms with Crippen molar-refractivity contribution in [2.45, 2.75) is 25.3 Å². The molecule has 1 aromatic heterocycles. The average Bonchev–Trinajstić information content (AvgIpc) is 2.67. The van der Waals surface area contributed by atoms with Crippen LogP contribution >= 0.6 is 11.3 Å². The zero-order valence-corrected chi connectivity index (χ0v) is 12.3. The normalized spacial score (nSPS) is 11.7. The van der Waals surface area contributed by atoms with Crippen LogP contribution in [-0.4, -0.2) is 13.5 Å². The maximum Gasteiger partial charge on any atom is 0.241 e. The monoisotopic (exact) mass is 297 g/mol. The van der Waals surface area contributed by atoms with Gasteiger partial charge >= 0.3 is 0 Å². The van der Waals surface area contributed by atoms with Crippen molar-refractivity contribution in [2.75, 3.05) is 0 Å². The number of rotatable bonds is 4. The lowest BCUT2D eigenvalue weighted by atomic mass is 10.3. The van der Waals surface area contributed by atoms with Gasteiger partial charge in [0.25, 0.3) is 0 Å². The largest absolute Gasteiger partial charge is 0.508 e. The van der Waals surface area contributed by atoms with Crippen molar-refractivity contribution in [1.82, 2.24) is 4.72 Å². The molecule has 1 heterocycles. The molecular formula is C13H15NO3S2. The van der Waals surface area contributed by atoms with E-state index in [9.17, 15) is 13.5 Å². The fraction of sp³-hybridized carbons (Fsp3) is 0.231. The third kappa shape index (κ3) is 3.34. The zero-order chi connectivity index (χ0) is 14.0. The smallest absolute Gasteiger partial charge is 0.241 e. The molecule has 0 saturated carbocycles. The Morgan fingerprint density at radius 2 is 2.00 bits per heavy atom. The molecule has 0 radical (unpaired) electrons. The van der Waals surface area contributed by atoms with E-state index in [1.807, 2.05) is 19.9 Å². The van der Waals surface area contributed by atoms with Crippen LogP contribution in [0.3, 0.4) is 0 Å². The number of benzene rings is 1. The number of thiophene rings is 1. The van der Waals surface area contributed by atoms with Crippen molar-refractivity contribution in [3.63, 3.8) is 0 Å². The highest BCUT2D eigenvalue weighted by Crippen LogP contribution is 2.21. The summed E-state index contributed by atoms with van der Waals surface area (Å²) in [5, 5.41) is 9.31. The molecule has 0 bridgehead atoms. The Kier molecular flexibility index (Phi) is 3.93. The third-order valence-electron chi connectivity index (χ3n) is 2.78. The highest BCUT2D eigenvalue weighted by atomic mass is 32.2. The van der Waals surface area contributed by atoms with Crippen LogP contribution in [0, 0.1) is 13.8 Å². The van der Waals surface area contributed by atoms with Gasteiger partial charge < -0.3 is 5.11 Å². The molecule has 0 unspecified atom stereocenters. The van der Waals surface area contributed by atoms with Crippen molar-refractivity contribution in [1.29, 1.82) is 0 Å². The van der Waals surface area contributed by atoms with Gasteiger partial charge in [-0.3, -0.25) is 0 Å². The number of aryl methyl sites for hydroxylation is 2. The summed E-state index contributed by atoms with van der Waals surface area (Å²) in [5.41, 5.74) is 1.16. The van der Waals surface area contributed by atoms with Crippen LogP contribution in [0.5, 0.6) is 5.75 Å². The minimum absolute atomic E-state index is 0.0642. The number of hydrogen-bond donors (Lipinski definition) is 2. The Labute approximate surface area is 116 Å². The van der Waals surface area contributed by atoms with Crippen molar-refractivity contribution in [2.24, 2.45) is 0 Å². The Morgan fingerprint density at radius 3 is 2.58 bits per heavy atom. The molecule has 4 nitrogen and oxygen atoms in total. The van der Waals surface area contributed by atoms with Crippen LogP contribution in [0.4, 0.5) is 0 Å². The minimum atomic E-state index is -3.59. The lowest BCUT2D eigenvalue weighted by Gasteiger charge is -2.05. The SMILES string of the molecule is Cc1cc(CNS(=O)(=O)c2cccc(O)c2)sc1C. The van der Waals surface area contributed by atoms with Gasteiger partial charge in [0.1, 0.15) is 5.75 Å². The Hall–Kier alpha value is -1.37. The van der Waals surface area contributed by atoms with E-state index in [1.165, 1.54) is 29.1 Å². The molecule has 0 saturated heterocycles. The fourth-order valence-corrected chi connectivity index (χ4v) is 3.77. The van der Waals surface area contributed by atoms with Gasteiger partial charge in [-0.1, -0.05) is 6.07 Å². The number of hydrogen-bond acceptors (Lipinski definition) is 4. The summed E-state index contributed by atoms with van der Waals surface area (Å²) in [7, 11) is -3.59. The number of sulfonamides is 1. The average molecular weight is 297 g/mol. The molecule has 19 heavy (non-hydrogen) atoms. The van der Waals surface area contributed by atoms with Crippen LogP contribution in [0.1, 0.15) is 15.3 Å². The Bertz CT molecular complexity index is 670. The van der Waals surface area contributed by atoms with E-state index in [4.69, 9.17) is 0 Å². The van der Waals surface area contributed by atoms with Gasteiger partial charge in [0.15, 0.2) is 0 Å². The number of phenolic OH excluding ortho intramolecular Hbond substituents is 1. The topological polar surface area (TPSA) is 66.4 Å². The summed E-state index contributed by atoms with van der Waals surface area (Å²) in [4.78, 5) is 2.22. The molecule has 0 aliphatic heterocycles. The first kappa shape index (κ1) is 14.0. The summed E-state index contributed by atoms with van der Waals surface area (Å²) in [5.74, 6) is -0.0642. The van der Waals surface area contributed by atoms with Gasteiger partial charge in [-0.05, 0) is 43.7 Å². The Balaban J connectivity index is 2.14. The summed E-state index contributed by atoms with van der Waals surface area (Å²) < 4.78 is 26.6. The van der Waals surface area contributed by atoms with Crippen LogP contribution in [0.25, 0.3) is 0 Å². The predicted octanol–water partition coefficient (Wildman–Crippen LogP) is 2.55. The van der Waals surface area contributed by atoms with Crippen LogP contribution in [0.15, 0.2) is 35.2 Å². The van der Waals surface area contributed by atoms with E-state index in [0.29, 0.717) is 0 Å². The van der Waals surface area contributed by atoms with Crippen LogP contribution in [-0.2, 0) is 16.6 Å². The molecule has 0 fully saturated rings. The highest BCUT2D eigenvalue weighted by Gasteiger charge is 2.14. The molecule has 6 heteroatoms. The summed E-state index contributed by atoms with van der Waals surface area (Å²) in [6.07, 6.45) is 0. The van der Waals surface area contributed by atoms with Gasteiger partial charge in [0.05, 0.1) is 4.90 Å². The van der Waals surface area contributed by atoms with Crippen molar-refractivity contribution in [3.8, 4) is 5.75 Å². The molecular weight excluding hydrogens is 282 g/mol. The highest BCUT2D eigenvalue weighted by molar-refractivity contribution is 7.89. The molecule has 0 atom stereocenters. The predicted molar refractivity (Wildman–Crippen MR) is 75.9 cm³/mol. The van der Waals surface area contributed by atoms with Crippen molar-refractivity contribution >= 4 is 21.4 Å². The molecule has 2 rings (SSSR count). The Morgan fingerprint density at radius 1 is 1.26 bits per heavy atom. The number of aromatic hydroxyl groups is 1. The van der Waals surface area contributed by atoms with Gasteiger partial charge in [-0.15, -0.1) is 11.3 Å². The van der Waals surface area contributed by atoms with Crippen molar-refractivity contribution < 1.29 is 13.5 Å². The van der Waals surface area contributed by atoms with E-state index in [2.05, 4.69) is 4.72 Å². The van der Waals surface area contributed by atoms with Crippen LogP contribution < -0.4 is 4.72 Å². The van der Waals surface area contributed by atoms with Gasteiger partial charge in [0.2, 0.25) is 10.0 Å². The second-order valence-corrected chi connectivity index (χ2v) is 7.38. The maximum absolute atomic E-state index is 12.0. The van der Waals surface area contributed by atoms with Crippen molar-refractivity contribution in [3.05, 3.63) is 45.6 Å². The van der Waals surface area contributed by atoms with E-state index < -0.39 is 10.0 Å². The van der Waals surface area contributed by atoms with Gasteiger partial charge in [-0.25, -0.2) is 13.1 Å². The maximum atomic E-state index is 12.0. The molecule has 1 aromatic carbocycles. The lowest BCUT2D eigenvalue weighted by Crippen LogP contribution is -2.22. The lowest BCUT2D eigenvalue weighted by molar-refractivity contribution is 0.473. The van der Waals surface area contributed by atoms with Gasteiger partial charge in [0, 0.05) is 16.3 Å². The number of phenols is 1. The molecule has 2 N–H and O–H groups in total. The first-order valence-electron chi connectivity index (χ1n) is 5.73. The molecule has 2 aromatic rings. The first-order valence-corrected chi connectivity index (χ1v) is 8.03. The van der Waals surface area contributed by atoms with E-state index in [1.54, 1.807) is 11.3 Å². The van der Waals surface area contributed by atoms with Crippen LogP contribution in [0.2, 0.25) is 0 Å². The van der Waals surface area contributed by atoms with Gasteiger partial charge in [-0.2, -0.15) is 0 Å². The minimum Gasteiger partial charge on any atom is -0.508 e. The molecule has 102 valence electrons. The zero-order valence-electron chi connectivity index (χ0n) is 10.7. The summed E-state index contributed by atoms with van der Waals surface area (Å²) in [6.45, 7) is 4.27. The second kappa shape index (κ2) is 5.32. The summed E-state index contributed by atoms with van der Waals surface area (Å²) >= 11 is 1.58. The van der Waals surface area contributed by atoms with E-state index >= 15 is 0 Å².